The van der Waals surface area contributed by atoms with Crippen molar-refractivity contribution in [3.63, 3.8) is 0 Å². The Morgan fingerprint density at radius 1 is 1.21 bits per heavy atom. The van der Waals surface area contributed by atoms with Crippen LogP contribution in [0.1, 0.15) is 22.5 Å². The van der Waals surface area contributed by atoms with E-state index in [4.69, 9.17) is 16.2 Å². The molecule has 29 heavy (non-hydrogen) atoms. The largest absolute Gasteiger partial charge is 0.418 e. The van der Waals surface area contributed by atoms with Crippen molar-refractivity contribution >= 4 is 23.1 Å². The van der Waals surface area contributed by atoms with Gasteiger partial charge in [-0.05, 0) is 30.3 Å². The first-order valence-electron chi connectivity index (χ1n) is 8.44. The number of nitrogens with one attached hydrogen (secondary N) is 1. The summed E-state index contributed by atoms with van der Waals surface area (Å²) in [6.45, 7) is -0.617. The number of ether oxygens (including phenoxy) is 1. The molecule has 5 N–H and O–H groups in total. The number of amidine groups is 1. The van der Waals surface area contributed by atoms with Crippen molar-refractivity contribution in [3.8, 4) is 0 Å². The van der Waals surface area contributed by atoms with Gasteiger partial charge in [0, 0.05) is 17.7 Å². The number of aliphatic imine (C=N–C) groups is 1. The van der Waals surface area contributed by atoms with Crippen molar-refractivity contribution in [2.24, 2.45) is 10.7 Å². The minimum Gasteiger partial charge on any atom is -0.397 e. The van der Waals surface area contributed by atoms with Crippen LogP contribution in [-0.2, 0) is 10.3 Å². The summed E-state index contributed by atoms with van der Waals surface area (Å²) in [6.07, 6.45) is -4.36. The lowest BCUT2D eigenvalue weighted by Crippen LogP contribution is -2.43. The molecule has 0 bridgehead atoms. The first-order valence-corrected chi connectivity index (χ1v) is 8.44. The zero-order valence-corrected chi connectivity index (χ0v) is 15.0. The van der Waals surface area contributed by atoms with Crippen molar-refractivity contribution in [1.82, 2.24) is 4.98 Å². The van der Waals surface area contributed by atoms with E-state index in [0.29, 0.717) is 5.69 Å². The van der Waals surface area contributed by atoms with Gasteiger partial charge in [-0.1, -0.05) is 0 Å². The van der Waals surface area contributed by atoms with E-state index >= 15 is 0 Å². The molecule has 11 heteroatoms. The number of hydrogen-bond donors (Lipinski definition) is 3. The first-order chi connectivity index (χ1) is 13.6. The average Bonchev–Trinajstić information content (AvgIpc) is 2.86. The highest BCUT2D eigenvalue weighted by Crippen LogP contribution is 2.47. The maximum Gasteiger partial charge on any atom is 0.418 e. The molecule has 0 saturated carbocycles. The number of amides is 1. The third-order valence-corrected chi connectivity index (χ3v) is 4.35. The smallest absolute Gasteiger partial charge is 0.397 e. The zero-order chi connectivity index (χ0) is 21.2. The van der Waals surface area contributed by atoms with Gasteiger partial charge < -0.3 is 21.5 Å². The number of aromatic nitrogens is 1. The van der Waals surface area contributed by atoms with Crippen molar-refractivity contribution in [3.05, 3.63) is 53.6 Å². The molecule has 0 aliphatic carbocycles. The van der Waals surface area contributed by atoms with E-state index in [1.54, 1.807) is 0 Å². The van der Waals surface area contributed by atoms with Gasteiger partial charge in [-0.2, -0.15) is 13.2 Å². The molecule has 0 saturated heterocycles. The number of anilines is 2. The molecule has 0 fully saturated rings. The quantitative estimate of drug-likeness (QED) is 0.672. The number of hydrogen-bond acceptors (Lipinski definition) is 6. The molecule has 1 aliphatic heterocycles. The molecular formula is C18H17F4N5O2. The van der Waals surface area contributed by atoms with E-state index in [9.17, 15) is 22.4 Å². The number of halogens is 4. The summed E-state index contributed by atoms with van der Waals surface area (Å²) in [5.74, 6) is -2.24. The summed E-state index contributed by atoms with van der Waals surface area (Å²) in [5, 5.41) is 2.39. The topological polar surface area (TPSA) is 116 Å². The number of rotatable bonds is 3. The highest BCUT2D eigenvalue weighted by atomic mass is 19.4. The van der Waals surface area contributed by atoms with Crippen LogP contribution in [-0.4, -0.2) is 36.1 Å². The number of benzene rings is 1. The van der Waals surface area contributed by atoms with Crippen LogP contribution in [0.25, 0.3) is 0 Å². The summed E-state index contributed by atoms with van der Waals surface area (Å²) in [7, 11) is 0. The van der Waals surface area contributed by atoms with Crippen LogP contribution in [0, 0.1) is 5.82 Å². The zero-order valence-electron chi connectivity index (χ0n) is 15.0. The van der Waals surface area contributed by atoms with Crippen LogP contribution < -0.4 is 16.8 Å². The van der Waals surface area contributed by atoms with Gasteiger partial charge in [0.1, 0.15) is 24.0 Å². The second-order valence-corrected chi connectivity index (χ2v) is 6.39. The normalized spacial score (nSPS) is 19.9. The molecule has 154 valence electrons. The van der Waals surface area contributed by atoms with Gasteiger partial charge in [0.25, 0.3) is 5.91 Å². The van der Waals surface area contributed by atoms with Gasteiger partial charge in [-0.3, -0.25) is 4.79 Å². The SMILES string of the molecule is NC1=NC(c2cc(NC(=O)c3ccc(N)cn3)ccc2F)(C(F)(F)F)CCOC1. The van der Waals surface area contributed by atoms with Crippen LogP contribution in [0.15, 0.2) is 41.5 Å². The molecule has 0 radical (unpaired) electrons. The summed E-state index contributed by atoms with van der Waals surface area (Å²) >= 11 is 0. The molecule has 1 atom stereocenters. The van der Waals surface area contributed by atoms with Crippen molar-refractivity contribution < 1.29 is 27.1 Å². The second-order valence-electron chi connectivity index (χ2n) is 6.39. The summed E-state index contributed by atoms with van der Waals surface area (Å²) < 4.78 is 61.6. The number of alkyl halides is 3. The molecule has 1 unspecified atom stereocenters. The number of nitrogen functional groups attached to an aromatic ring is 1. The minimum atomic E-state index is -4.95. The number of nitrogens with two attached hydrogens (primary N) is 2. The standard InChI is InChI=1S/C18H17F4N5O2/c19-13-3-2-11(26-16(28)14-4-1-10(23)8-25-14)7-12(13)17(18(20,21)22)5-6-29-9-15(24)27-17/h1-4,7-8H,5-6,9,23H2,(H2,24,27)(H,26,28). The molecule has 2 heterocycles. The van der Waals surface area contributed by atoms with Crippen molar-refractivity contribution in [2.45, 2.75) is 18.1 Å². The molecule has 7 nitrogen and oxygen atoms in total. The third-order valence-electron chi connectivity index (χ3n) is 4.35. The van der Waals surface area contributed by atoms with E-state index in [1.807, 2.05) is 0 Å². The molecule has 1 aliphatic rings. The fourth-order valence-corrected chi connectivity index (χ4v) is 2.94. The van der Waals surface area contributed by atoms with Crippen molar-refractivity contribution in [1.29, 1.82) is 0 Å². The van der Waals surface area contributed by atoms with Gasteiger partial charge in [0.15, 0.2) is 5.54 Å². The Labute approximate surface area is 162 Å². The summed E-state index contributed by atoms with van der Waals surface area (Å²) in [6, 6.07) is 5.64. The van der Waals surface area contributed by atoms with E-state index < -0.39 is 41.3 Å². The van der Waals surface area contributed by atoms with Crippen LogP contribution in [0.5, 0.6) is 0 Å². The van der Waals surface area contributed by atoms with Crippen LogP contribution in [0.2, 0.25) is 0 Å². The number of pyridine rings is 1. The molecule has 1 aromatic heterocycles. The number of carbonyl (C=O) groups is 1. The third kappa shape index (κ3) is 4.14. The maximum atomic E-state index is 14.5. The lowest BCUT2D eigenvalue weighted by molar-refractivity contribution is -0.193. The number of nitrogens with zero attached hydrogens (tertiary/aromatic N) is 2. The summed E-state index contributed by atoms with van der Waals surface area (Å²) in [5.41, 5.74) is 7.58. The molecule has 1 aromatic carbocycles. The predicted octanol–water partition coefficient (Wildman–Crippen LogP) is 2.59. The monoisotopic (exact) mass is 411 g/mol. The fraction of sp³-hybridized carbons (Fsp3) is 0.278. The number of carbonyl (C=O) groups excluding carboxylic acids is 1. The van der Waals surface area contributed by atoms with Gasteiger partial charge in [-0.25, -0.2) is 14.4 Å². The molecule has 3 rings (SSSR count). The van der Waals surface area contributed by atoms with E-state index in [0.717, 1.165) is 18.2 Å². The second kappa shape index (κ2) is 7.66. The van der Waals surface area contributed by atoms with E-state index in [2.05, 4.69) is 15.3 Å². The highest BCUT2D eigenvalue weighted by molar-refractivity contribution is 6.03. The Kier molecular flexibility index (Phi) is 5.42. The van der Waals surface area contributed by atoms with Gasteiger partial charge in [0.2, 0.25) is 0 Å². The Morgan fingerprint density at radius 2 is 1.97 bits per heavy atom. The molecule has 1 amide bonds. The molecule has 0 spiro atoms. The van der Waals surface area contributed by atoms with E-state index in [-0.39, 0.29) is 24.6 Å². The van der Waals surface area contributed by atoms with Gasteiger partial charge >= 0.3 is 6.18 Å². The Hall–Kier alpha value is -3.21. The average molecular weight is 411 g/mol. The highest BCUT2D eigenvalue weighted by Gasteiger charge is 2.58. The lowest BCUT2D eigenvalue weighted by Gasteiger charge is -2.32. The minimum absolute atomic E-state index is 0.0132. The Bertz CT molecular complexity index is 946. The Balaban J connectivity index is 2.02. The Morgan fingerprint density at radius 3 is 2.62 bits per heavy atom. The van der Waals surface area contributed by atoms with Gasteiger partial charge in [0.05, 0.1) is 18.5 Å². The fourth-order valence-electron chi connectivity index (χ4n) is 2.94. The van der Waals surface area contributed by atoms with Crippen molar-refractivity contribution in [2.75, 3.05) is 24.3 Å². The predicted molar refractivity (Wildman–Crippen MR) is 97.8 cm³/mol. The maximum absolute atomic E-state index is 14.5. The van der Waals surface area contributed by atoms with Crippen LogP contribution in [0.3, 0.4) is 0 Å². The first kappa shape index (κ1) is 20.5. The van der Waals surface area contributed by atoms with Crippen LogP contribution in [0.4, 0.5) is 28.9 Å². The lowest BCUT2D eigenvalue weighted by atomic mass is 9.85. The molecular weight excluding hydrogens is 394 g/mol. The van der Waals surface area contributed by atoms with E-state index in [1.165, 1.54) is 18.3 Å². The summed E-state index contributed by atoms with van der Waals surface area (Å²) in [4.78, 5) is 19.7. The van der Waals surface area contributed by atoms with Crippen LogP contribution >= 0.6 is 0 Å². The van der Waals surface area contributed by atoms with Gasteiger partial charge in [-0.15, -0.1) is 0 Å². The molecule has 2 aromatic rings.